The van der Waals surface area contributed by atoms with Gasteiger partial charge in [-0.15, -0.1) is 0 Å². The molecule has 2 N–H and O–H groups in total. The molecule has 0 radical (unpaired) electrons. The molecule has 0 amide bonds. The van der Waals surface area contributed by atoms with Gasteiger partial charge in [0.15, 0.2) is 0 Å². The van der Waals surface area contributed by atoms with Crippen LogP contribution in [0.15, 0.2) is 29.2 Å². The van der Waals surface area contributed by atoms with E-state index >= 15 is 0 Å². The van der Waals surface area contributed by atoms with Gasteiger partial charge >= 0.3 is 0 Å². The van der Waals surface area contributed by atoms with Gasteiger partial charge in [0.25, 0.3) is 0 Å². The van der Waals surface area contributed by atoms with E-state index in [1.54, 1.807) is 12.1 Å². The van der Waals surface area contributed by atoms with E-state index in [4.69, 9.17) is 0 Å². The lowest BCUT2D eigenvalue weighted by molar-refractivity contribution is 0.457. The zero-order valence-electron chi connectivity index (χ0n) is 8.40. The average Bonchev–Trinajstić information content (AvgIpc) is 2.82. The van der Waals surface area contributed by atoms with E-state index < -0.39 is 10.0 Å². The number of rotatable bonds is 3. The maximum atomic E-state index is 11.8. The summed E-state index contributed by atoms with van der Waals surface area (Å²) in [7, 11) is -3.59. The maximum absolute atomic E-state index is 11.8. The van der Waals surface area contributed by atoms with E-state index in [0.29, 0.717) is 0 Å². The Morgan fingerprint density at radius 2 is 1.93 bits per heavy atom. The molecule has 0 aromatic heterocycles. The molecule has 0 spiro atoms. The highest BCUT2D eigenvalue weighted by Crippen LogP contribution is 2.36. The fourth-order valence-electron chi connectivity index (χ4n) is 1.35. The second-order valence-corrected chi connectivity index (χ2v) is 5.78. The Balaban J connectivity index is 2.33. The topological polar surface area (TPSA) is 66.4 Å². The summed E-state index contributed by atoms with van der Waals surface area (Å²) in [4.78, 5) is -0.0573. The van der Waals surface area contributed by atoms with Crippen molar-refractivity contribution >= 4 is 10.0 Å². The molecule has 1 aliphatic rings. The van der Waals surface area contributed by atoms with E-state index in [1.807, 2.05) is 6.92 Å². The first kappa shape index (κ1) is 10.4. The molecule has 2 rings (SSSR count). The van der Waals surface area contributed by atoms with E-state index in [1.165, 1.54) is 12.1 Å². The van der Waals surface area contributed by atoms with Crippen molar-refractivity contribution in [3.63, 3.8) is 0 Å². The highest BCUT2D eigenvalue weighted by Gasteiger charge is 2.41. The number of phenolic OH excluding ortho intramolecular Hbond substituents is 1. The molecule has 0 bridgehead atoms. The average molecular weight is 227 g/mol. The Labute approximate surface area is 89.0 Å². The number of sulfonamides is 1. The zero-order valence-corrected chi connectivity index (χ0v) is 9.21. The Morgan fingerprint density at radius 3 is 2.47 bits per heavy atom. The molecule has 0 atom stereocenters. The van der Waals surface area contributed by atoms with Gasteiger partial charge in [-0.3, -0.25) is 0 Å². The Morgan fingerprint density at radius 1 is 1.33 bits per heavy atom. The minimum absolute atomic E-state index is 0.0573. The summed E-state index contributed by atoms with van der Waals surface area (Å²) < 4.78 is 26.3. The maximum Gasteiger partial charge on any atom is 0.244 e. The highest BCUT2D eigenvalue weighted by molar-refractivity contribution is 7.89. The minimum atomic E-state index is -3.59. The number of hydrogen-bond donors (Lipinski definition) is 2. The van der Waals surface area contributed by atoms with Gasteiger partial charge in [-0.25, -0.2) is 13.1 Å². The van der Waals surface area contributed by atoms with Gasteiger partial charge in [-0.1, -0.05) is 12.1 Å². The van der Waals surface area contributed by atoms with Crippen molar-refractivity contribution < 1.29 is 13.5 Å². The van der Waals surface area contributed by atoms with Gasteiger partial charge in [-0.2, -0.15) is 0 Å². The highest BCUT2D eigenvalue weighted by atomic mass is 32.2. The van der Waals surface area contributed by atoms with Crippen LogP contribution >= 0.6 is 0 Å². The molecule has 82 valence electrons. The van der Waals surface area contributed by atoms with Crippen molar-refractivity contribution in [2.45, 2.75) is 30.2 Å². The first-order chi connectivity index (χ1) is 6.93. The predicted octanol–water partition coefficient (Wildman–Crippen LogP) is 1.22. The first-order valence-corrected chi connectivity index (χ1v) is 6.23. The van der Waals surface area contributed by atoms with Crippen molar-refractivity contribution in [2.24, 2.45) is 0 Å². The number of para-hydroxylation sites is 1. The summed E-state index contributed by atoms with van der Waals surface area (Å²) in [6.45, 7) is 1.85. The summed E-state index contributed by atoms with van der Waals surface area (Å²) in [5, 5.41) is 9.44. The smallest absolute Gasteiger partial charge is 0.244 e. The molecule has 0 heterocycles. The van der Waals surface area contributed by atoms with Crippen LogP contribution in [-0.2, 0) is 10.0 Å². The number of benzene rings is 1. The largest absolute Gasteiger partial charge is 0.507 e. The van der Waals surface area contributed by atoms with E-state index in [-0.39, 0.29) is 16.2 Å². The van der Waals surface area contributed by atoms with Gasteiger partial charge in [-0.05, 0) is 31.9 Å². The number of aromatic hydroxyl groups is 1. The Hall–Kier alpha value is -1.07. The standard InChI is InChI=1S/C10H13NO3S/c1-10(6-7-10)11-15(13,14)9-5-3-2-4-8(9)12/h2-5,11-12H,6-7H2,1H3. The fraction of sp³-hybridized carbons (Fsp3) is 0.400. The summed E-state index contributed by atoms with van der Waals surface area (Å²) >= 11 is 0. The molecule has 0 saturated heterocycles. The summed E-state index contributed by atoms with van der Waals surface area (Å²) in [6.07, 6.45) is 1.69. The van der Waals surface area contributed by atoms with Crippen LogP contribution in [-0.4, -0.2) is 19.1 Å². The fourth-order valence-corrected chi connectivity index (χ4v) is 2.92. The van der Waals surface area contributed by atoms with Crippen molar-refractivity contribution in [3.8, 4) is 5.75 Å². The molecular formula is C10H13NO3S. The third-order valence-electron chi connectivity index (χ3n) is 2.54. The minimum Gasteiger partial charge on any atom is -0.507 e. The van der Waals surface area contributed by atoms with E-state index in [9.17, 15) is 13.5 Å². The third-order valence-corrected chi connectivity index (χ3v) is 4.22. The van der Waals surface area contributed by atoms with Crippen LogP contribution in [0.25, 0.3) is 0 Å². The molecule has 0 unspecified atom stereocenters. The normalized spacial score (nSPS) is 18.7. The SMILES string of the molecule is CC1(NS(=O)(=O)c2ccccc2O)CC1. The van der Waals surface area contributed by atoms with Crippen LogP contribution in [0.1, 0.15) is 19.8 Å². The lowest BCUT2D eigenvalue weighted by Crippen LogP contribution is -2.34. The van der Waals surface area contributed by atoms with Crippen LogP contribution in [0.2, 0.25) is 0 Å². The van der Waals surface area contributed by atoms with Crippen LogP contribution < -0.4 is 4.72 Å². The quantitative estimate of drug-likeness (QED) is 0.816. The molecule has 5 heteroatoms. The zero-order chi connectivity index (χ0) is 11.1. The molecular weight excluding hydrogens is 214 g/mol. The Kier molecular flexibility index (Phi) is 2.24. The van der Waals surface area contributed by atoms with Gasteiger partial charge < -0.3 is 5.11 Å². The molecule has 1 aromatic rings. The van der Waals surface area contributed by atoms with Gasteiger partial charge in [0.1, 0.15) is 10.6 Å². The lowest BCUT2D eigenvalue weighted by atomic mass is 10.3. The second kappa shape index (κ2) is 3.21. The molecule has 15 heavy (non-hydrogen) atoms. The lowest BCUT2D eigenvalue weighted by Gasteiger charge is -2.12. The van der Waals surface area contributed by atoms with Crippen LogP contribution in [0.3, 0.4) is 0 Å². The van der Waals surface area contributed by atoms with Crippen molar-refractivity contribution in [1.82, 2.24) is 4.72 Å². The predicted molar refractivity (Wildman–Crippen MR) is 56.1 cm³/mol. The van der Waals surface area contributed by atoms with Crippen molar-refractivity contribution in [1.29, 1.82) is 0 Å². The number of nitrogens with one attached hydrogen (secondary N) is 1. The number of hydrogen-bond acceptors (Lipinski definition) is 3. The second-order valence-electron chi connectivity index (χ2n) is 4.13. The molecule has 1 aliphatic carbocycles. The van der Waals surface area contributed by atoms with Gasteiger partial charge in [0, 0.05) is 5.54 Å². The third kappa shape index (κ3) is 2.13. The monoisotopic (exact) mass is 227 g/mol. The van der Waals surface area contributed by atoms with Gasteiger partial charge in [0.2, 0.25) is 10.0 Å². The summed E-state index contributed by atoms with van der Waals surface area (Å²) in [5.74, 6) is -0.214. The summed E-state index contributed by atoms with van der Waals surface area (Å²) in [6, 6.07) is 5.93. The van der Waals surface area contributed by atoms with Gasteiger partial charge in [0.05, 0.1) is 0 Å². The first-order valence-electron chi connectivity index (χ1n) is 4.75. The molecule has 4 nitrogen and oxygen atoms in total. The molecule has 0 aliphatic heterocycles. The van der Waals surface area contributed by atoms with Crippen LogP contribution in [0, 0.1) is 0 Å². The van der Waals surface area contributed by atoms with Crippen molar-refractivity contribution in [3.05, 3.63) is 24.3 Å². The van der Waals surface area contributed by atoms with E-state index in [0.717, 1.165) is 12.8 Å². The molecule has 1 fully saturated rings. The molecule has 1 aromatic carbocycles. The van der Waals surface area contributed by atoms with E-state index in [2.05, 4.69) is 4.72 Å². The van der Waals surface area contributed by atoms with Crippen LogP contribution in [0.4, 0.5) is 0 Å². The van der Waals surface area contributed by atoms with Crippen LogP contribution in [0.5, 0.6) is 5.75 Å². The molecule has 1 saturated carbocycles. The van der Waals surface area contributed by atoms with Crippen molar-refractivity contribution in [2.75, 3.05) is 0 Å². The number of phenols is 1. The summed E-state index contributed by atoms with van der Waals surface area (Å²) in [5.41, 5.74) is -0.318. The Bertz CT molecular complexity index is 477.